The van der Waals surface area contributed by atoms with Crippen LogP contribution in [0.25, 0.3) is 11.1 Å². The molecule has 0 atom stereocenters. The second-order valence-electron chi connectivity index (χ2n) is 2.97. The van der Waals surface area contributed by atoms with E-state index in [0.29, 0.717) is 17.0 Å². The molecule has 1 heterocycles. The van der Waals surface area contributed by atoms with Crippen molar-refractivity contribution in [3.05, 3.63) is 29.7 Å². The number of oxazole rings is 1. The zero-order chi connectivity index (χ0) is 9.42. The van der Waals surface area contributed by atoms with Gasteiger partial charge in [0, 0.05) is 12.5 Å². The number of ketones is 1. The summed E-state index contributed by atoms with van der Waals surface area (Å²) in [5, 5.41) is 0. The van der Waals surface area contributed by atoms with Gasteiger partial charge in [-0.3, -0.25) is 4.79 Å². The first-order chi connectivity index (χ1) is 6.16. The molecule has 0 amide bonds. The number of hydrogen-bond donors (Lipinski definition) is 0. The van der Waals surface area contributed by atoms with Gasteiger partial charge >= 0.3 is 0 Å². The fourth-order valence-corrected chi connectivity index (χ4v) is 1.26. The Morgan fingerprint density at radius 2 is 2.23 bits per heavy atom. The zero-order valence-electron chi connectivity index (χ0n) is 7.50. The summed E-state index contributed by atoms with van der Waals surface area (Å²) in [6.45, 7) is 3.32. The lowest BCUT2D eigenvalue weighted by molar-refractivity contribution is 0.101. The number of nitrogens with zero attached hydrogens (tertiary/aromatic N) is 1. The summed E-state index contributed by atoms with van der Waals surface area (Å²) in [6.07, 6.45) is 0. The van der Waals surface area contributed by atoms with Gasteiger partial charge in [-0.25, -0.2) is 4.98 Å². The molecule has 0 aliphatic carbocycles. The Balaban J connectivity index is 2.67. The van der Waals surface area contributed by atoms with E-state index < -0.39 is 0 Å². The molecule has 2 rings (SSSR count). The molecule has 0 unspecified atom stereocenters. The quantitative estimate of drug-likeness (QED) is 0.625. The molecular formula is C10H9NO2. The number of Topliss-reactive ketones (excluding diaryl/α,β-unsaturated/α-hetero) is 1. The van der Waals surface area contributed by atoms with Crippen LogP contribution in [0.4, 0.5) is 0 Å². The van der Waals surface area contributed by atoms with E-state index in [-0.39, 0.29) is 5.78 Å². The molecule has 0 saturated heterocycles. The van der Waals surface area contributed by atoms with E-state index in [1.807, 2.05) is 0 Å². The maximum Gasteiger partial charge on any atom is 0.192 e. The third kappa shape index (κ3) is 1.33. The largest absolute Gasteiger partial charge is 0.441 e. The van der Waals surface area contributed by atoms with Gasteiger partial charge < -0.3 is 4.42 Å². The highest BCUT2D eigenvalue weighted by atomic mass is 16.3. The minimum absolute atomic E-state index is 0.0379. The van der Waals surface area contributed by atoms with Crippen molar-refractivity contribution in [3.63, 3.8) is 0 Å². The molecule has 2 aromatic rings. The summed E-state index contributed by atoms with van der Waals surface area (Å²) in [6, 6.07) is 5.27. The maximum absolute atomic E-state index is 11.0. The molecule has 0 aliphatic heterocycles. The first-order valence-electron chi connectivity index (χ1n) is 4.05. The van der Waals surface area contributed by atoms with Gasteiger partial charge in [0.05, 0.1) is 0 Å². The molecule has 3 nitrogen and oxygen atoms in total. The normalized spacial score (nSPS) is 10.6. The summed E-state index contributed by atoms with van der Waals surface area (Å²) in [5.74, 6) is 0.659. The molecule has 66 valence electrons. The SMILES string of the molecule is CC(=O)c1ccc2nc(C)oc2c1. The van der Waals surface area contributed by atoms with Crippen LogP contribution < -0.4 is 0 Å². The van der Waals surface area contributed by atoms with Crippen molar-refractivity contribution in [2.45, 2.75) is 13.8 Å². The number of carbonyl (C=O) groups excluding carboxylic acids is 1. The van der Waals surface area contributed by atoms with E-state index in [9.17, 15) is 4.79 Å². The zero-order valence-corrected chi connectivity index (χ0v) is 7.50. The van der Waals surface area contributed by atoms with Crippen LogP contribution in [0.2, 0.25) is 0 Å². The molecule has 3 heteroatoms. The minimum Gasteiger partial charge on any atom is -0.441 e. The van der Waals surface area contributed by atoms with Crippen molar-refractivity contribution in [2.75, 3.05) is 0 Å². The average molecular weight is 175 g/mol. The molecule has 0 saturated carbocycles. The van der Waals surface area contributed by atoms with Crippen molar-refractivity contribution >= 4 is 16.9 Å². The van der Waals surface area contributed by atoms with E-state index in [0.717, 1.165) is 5.52 Å². The minimum atomic E-state index is 0.0379. The van der Waals surface area contributed by atoms with Crippen LogP contribution in [0.1, 0.15) is 23.2 Å². The van der Waals surface area contributed by atoms with Crippen molar-refractivity contribution < 1.29 is 9.21 Å². The smallest absolute Gasteiger partial charge is 0.192 e. The standard InChI is InChI=1S/C10H9NO2/c1-6(12)8-3-4-9-10(5-8)13-7(2)11-9/h3-5H,1-2H3. The molecule has 0 aliphatic rings. The van der Waals surface area contributed by atoms with E-state index in [1.54, 1.807) is 25.1 Å². The van der Waals surface area contributed by atoms with Crippen molar-refractivity contribution in [3.8, 4) is 0 Å². The highest BCUT2D eigenvalue weighted by Gasteiger charge is 2.05. The monoisotopic (exact) mass is 175 g/mol. The number of hydrogen-bond acceptors (Lipinski definition) is 3. The molecule has 0 radical (unpaired) electrons. The maximum atomic E-state index is 11.0. The Morgan fingerprint density at radius 1 is 1.46 bits per heavy atom. The van der Waals surface area contributed by atoms with Gasteiger partial charge in [0.15, 0.2) is 17.3 Å². The van der Waals surface area contributed by atoms with Crippen LogP contribution in [-0.4, -0.2) is 10.8 Å². The molecule has 0 spiro atoms. The third-order valence-corrected chi connectivity index (χ3v) is 1.90. The summed E-state index contributed by atoms with van der Waals surface area (Å²) in [7, 11) is 0. The summed E-state index contributed by atoms with van der Waals surface area (Å²) < 4.78 is 5.30. The predicted octanol–water partition coefficient (Wildman–Crippen LogP) is 2.34. The topological polar surface area (TPSA) is 43.1 Å². The number of carbonyl (C=O) groups is 1. The third-order valence-electron chi connectivity index (χ3n) is 1.90. The summed E-state index contributed by atoms with van der Waals surface area (Å²) >= 11 is 0. The summed E-state index contributed by atoms with van der Waals surface area (Å²) in [4.78, 5) is 15.2. The van der Waals surface area contributed by atoms with Gasteiger partial charge in [0.25, 0.3) is 0 Å². The molecule has 1 aromatic carbocycles. The average Bonchev–Trinajstić information content (AvgIpc) is 2.42. The number of fused-ring (bicyclic) bond motifs is 1. The van der Waals surface area contributed by atoms with Crippen molar-refractivity contribution in [1.29, 1.82) is 0 Å². The highest BCUT2D eigenvalue weighted by molar-refractivity contribution is 5.96. The van der Waals surface area contributed by atoms with Crippen molar-refractivity contribution in [1.82, 2.24) is 4.98 Å². The second-order valence-corrected chi connectivity index (χ2v) is 2.97. The molecular weight excluding hydrogens is 166 g/mol. The Morgan fingerprint density at radius 3 is 2.92 bits per heavy atom. The van der Waals surface area contributed by atoms with Crippen LogP contribution in [0.3, 0.4) is 0 Å². The summed E-state index contributed by atoms with van der Waals surface area (Å²) in [5.41, 5.74) is 2.12. The molecule has 0 N–H and O–H groups in total. The van der Waals surface area contributed by atoms with Gasteiger partial charge in [-0.15, -0.1) is 0 Å². The van der Waals surface area contributed by atoms with E-state index >= 15 is 0 Å². The lowest BCUT2D eigenvalue weighted by Gasteiger charge is -1.92. The number of benzene rings is 1. The lowest BCUT2D eigenvalue weighted by Crippen LogP contribution is -1.89. The van der Waals surface area contributed by atoms with E-state index in [4.69, 9.17) is 4.42 Å². The van der Waals surface area contributed by atoms with Crippen LogP contribution in [0, 0.1) is 6.92 Å². The second kappa shape index (κ2) is 2.69. The number of aryl methyl sites for hydroxylation is 1. The first-order valence-corrected chi connectivity index (χ1v) is 4.05. The van der Waals surface area contributed by atoms with Gasteiger partial charge in [-0.1, -0.05) is 0 Å². The Hall–Kier alpha value is -1.64. The molecule has 0 fully saturated rings. The molecule has 1 aromatic heterocycles. The van der Waals surface area contributed by atoms with E-state index in [2.05, 4.69) is 4.98 Å². The van der Waals surface area contributed by atoms with E-state index in [1.165, 1.54) is 6.92 Å². The van der Waals surface area contributed by atoms with Gasteiger partial charge in [0.2, 0.25) is 0 Å². The highest BCUT2D eigenvalue weighted by Crippen LogP contribution is 2.16. The van der Waals surface area contributed by atoms with Gasteiger partial charge in [-0.2, -0.15) is 0 Å². The van der Waals surface area contributed by atoms with Crippen LogP contribution in [0.5, 0.6) is 0 Å². The van der Waals surface area contributed by atoms with Gasteiger partial charge in [0.1, 0.15) is 5.52 Å². The lowest BCUT2D eigenvalue weighted by atomic mass is 10.1. The number of rotatable bonds is 1. The Labute approximate surface area is 75.4 Å². The molecule has 0 bridgehead atoms. The van der Waals surface area contributed by atoms with Crippen LogP contribution in [-0.2, 0) is 0 Å². The van der Waals surface area contributed by atoms with Gasteiger partial charge in [-0.05, 0) is 25.1 Å². The van der Waals surface area contributed by atoms with Crippen molar-refractivity contribution in [2.24, 2.45) is 0 Å². The molecule has 13 heavy (non-hydrogen) atoms. The number of aromatic nitrogens is 1. The fraction of sp³-hybridized carbons (Fsp3) is 0.200. The fourth-order valence-electron chi connectivity index (χ4n) is 1.26. The first kappa shape index (κ1) is 7.98. The predicted molar refractivity (Wildman–Crippen MR) is 48.8 cm³/mol. The van der Waals surface area contributed by atoms with Crippen LogP contribution >= 0.6 is 0 Å². The van der Waals surface area contributed by atoms with Crippen LogP contribution in [0.15, 0.2) is 22.6 Å². The Bertz CT molecular complexity index is 471. The Kier molecular flexibility index (Phi) is 1.65.